The third-order valence-corrected chi connectivity index (χ3v) is 3.50. The Labute approximate surface area is 124 Å². The highest BCUT2D eigenvalue weighted by Crippen LogP contribution is 2.32. The number of hydrogen-bond donors (Lipinski definition) is 2. The second-order valence-electron chi connectivity index (χ2n) is 5.17. The highest BCUT2D eigenvalue weighted by Gasteiger charge is 2.15. The van der Waals surface area contributed by atoms with Crippen LogP contribution in [0.1, 0.15) is 17.2 Å². The van der Waals surface area contributed by atoms with E-state index in [2.05, 4.69) is 5.32 Å². The number of ether oxygens (including phenoxy) is 2. The van der Waals surface area contributed by atoms with Crippen LogP contribution in [0.3, 0.4) is 0 Å². The van der Waals surface area contributed by atoms with Crippen molar-refractivity contribution in [2.75, 3.05) is 25.1 Å². The molecule has 0 aromatic heterocycles. The van der Waals surface area contributed by atoms with Crippen LogP contribution in [0.15, 0.2) is 42.5 Å². The lowest BCUT2D eigenvalue weighted by Gasteiger charge is -2.20. The molecule has 0 spiro atoms. The highest BCUT2D eigenvalue weighted by atomic mass is 16.6. The van der Waals surface area contributed by atoms with Gasteiger partial charge in [0.25, 0.3) is 0 Å². The molecular formula is C17H19NO3. The van der Waals surface area contributed by atoms with Crippen LogP contribution in [0.25, 0.3) is 0 Å². The lowest BCUT2D eigenvalue weighted by Crippen LogP contribution is -2.16. The van der Waals surface area contributed by atoms with Crippen molar-refractivity contribution < 1.29 is 14.6 Å². The molecule has 0 radical (unpaired) electrons. The summed E-state index contributed by atoms with van der Waals surface area (Å²) >= 11 is 0. The van der Waals surface area contributed by atoms with Crippen LogP contribution in [0.2, 0.25) is 0 Å². The van der Waals surface area contributed by atoms with Crippen molar-refractivity contribution in [3.63, 3.8) is 0 Å². The molecule has 0 amide bonds. The molecule has 0 bridgehead atoms. The van der Waals surface area contributed by atoms with Gasteiger partial charge in [0.15, 0.2) is 11.5 Å². The van der Waals surface area contributed by atoms with E-state index in [4.69, 9.17) is 9.47 Å². The monoisotopic (exact) mass is 285 g/mol. The van der Waals surface area contributed by atoms with Gasteiger partial charge in [0, 0.05) is 12.2 Å². The van der Waals surface area contributed by atoms with Crippen molar-refractivity contribution in [3.8, 4) is 11.5 Å². The van der Waals surface area contributed by atoms with Crippen LogP contribution >= 0.6 is 0 Å². The first-order chi connectivity index (χ1) is 10.2. The average Bonchev–Trinajstić information content (AvgIpc) is 2.53. The normalized spacial score (nSPS) is 14.6. The minimum atomic E-state index is -0.595. The smallest absolute Gasteiger partial charge is 0.161 e. The Kier molecular flexibility index (Phi) is 3.97. The van der Waals surface area contributed by atoms with E-state index in [0.717, 1.165) is 17.0 Å². The maximum atomic E-state index is 10.3. The molecule has 2 aromatic rings. The zero-order chi connectivity index (χ0) is 14.7. The van der Waals surface area contributed by atoms with Gasteiger partial charge in [-0.1, -0.05) is 23.8 Å². The molecule has 110 valence electrons. The number of aliphatic hydroxyl groups excluding tert-OH is 1. The van der Waals surface area contributed by atoms with E-state index in [-0.39, 0.29) is 0 Å². The lowest BCUT2D eigenvalue weighted by molar-refractivity contribution is 0.167. The molecule has 1 aliphatic heterocycles. The summed E-state index contributed by atoms with van der Waals surface area (Å²) in [6.07, 6.45) is -0.595. The first-order valence-electron chi connectivity index (χ1n) is 7.10. The predicted octanol–water partition coefficient (Wildman–Crippen LogP) is 2.91. The van der Waals surface area contributed by atoms with Crippen molar-refractivity contribution >= 4 is 5.69 Å². The zero-order valence-corrected chi connectivity index (χ0v) is 12.0. The van der Waals surface area contributed by atoms with Gasteiger partial charge in [-0.2, -0.15) is 0 Å². The Morgan fingerprint density at radius 2 is 1.76 bits per heavy atom. The molecule has 1 aliphatic rings. The number of benzene rings is 2. The molecule has 0 aliphatic carbocycles. The molecule has 0 saturated carbocycles. The third-order valence-electron chi connectivity index (χ3n) is 3.50. The van der Waals surface area contributed by atoms with Gasteiger partial charge < -0.3 is 19.9 Å². The Morgan fingerprint density at radius 1 is 1.05 bits per heavy atom. The topological polar surface area (TPSA) is 50.7 Å². The fourth-order valence-electron chi connectivity index (χ4n) is 2.27. The average molecular weight is 285 g/mol. The number of anilines is 1. The van der Waals surface area contributed by atoms with Crippen molar-refractivity contribution in [2.24, 2.45) is 0 Å². The number of hydrogen-bond acceptors (Lipinski definition) is 4. The summed E-state index contributed by atoms with van der Waals surface area (Å²) in [6, 6.07) is 13.7. The van der Waals surface area contributed by atoms with Crippen molar-refractivity contribution in [1.29, 1.82) is 0 Å². The summed E-state index contributed by atoms with van der Waals surface area (Å²) in [5.74, 6) is 1.44. The quantitative estimate of drug-likeness (QED) is 0.907. The van der Waals surface area contributed by atoms with E-state index in [1.165, 1.54) is 5.56 Å². The SMILES string of the molecule is Cc1ccc(NCC(O)c2ccc3c(c2)OCCO3)cc1. The summed E-state index contributed by atoms with van der Waals surface area (Å²) in [5.41, 5.74) is 3.03. The Hall–Kier alpha value is -2.20. The zero-order valence-electron chi connectivity index (χ0n) is 12.0. The van der Waals surface area contributed by atoms with Crippen LogP contribution in [-0.4, -0.2) is 24.9 Å². The molecule has 3 rings (SSSR count). The standard InChI is InChI=1S/C17H19NO3/c1-12-2-5-14(6-3-12)18-11-15(19)13-4-7-16-17(10-13)21-9-8-20-16/h2-7,10,15,18-19H,8-9,11H2,1H3. The van der Waals surface area contributed by atoms with Crippen LogP contribution in [0.5, 0.6) is 11.5 Å². The molecule has 2 aromatic carbocycles. The van der Waals surface area contributed by atoms with Crippen LogP contribution < -0.4 is 14.8 Å². The first kappa shape index (κ1) is 13.8. The fourth-order valence-corrected chi connectivity index (χ4v) is 2.27. The highest BCUT2D eigenvalue weighted by molar-refractivity contribution is 5.46. The van der Waals surface area contributed by atoms with Crippen LogP contribution in [-0.2, 0) is 0 Å². The molecule has 0 saturated heterocycles. The number of fused-ring (bicyclic) bond motifs is 1. The predicted molar refractivity (Wildman–Crippen MR) is 82.1 cm³/mol. The number of aliphatic hydroxyl groups is 1. The summed E-state index contributed by atoms with van der Waals surface area (Å²) < 4.78 is 11.0. The summed E-state index contributed by atoms with van der Waals surface area (Å²) in [5, 5.41) is 13.5. The maximum absolute atomic E-state index is 10.3. The maximum Gasteiger partial charge on any atom is 0.161 e. The molecular weight excluding hydrogens is 266 g/mol. The number of nitrogens with one attached hydrogen (secondary N) is 1. The summed E-state index contributed by atoms with van der Waals surface area (Å²) in [7, 11) is 0. The van der Waals surface area contributed by atoms with Gasteiger partial charge in [-0.25, -0.2) is 0 Å². The summed E-state index contributed by atoms with van der Waals surface area (Å²) in [6.45, 7) is 3.62. The lowest BCUT2D eigenvalue weighted by atomic mass is 10.1. The minimum absolute atomic E-state index is 0.447. The van der Waals surface area contributed by atoms with Crippen LogP contribution in [0.4, 0.5) is 5.69 Å². The van der Waals surface area contributed by atoms with E-state index in [1.54, 1.807) is 0 Å². The van der Waals surface area contributed by atoms with Crippen molar-refractivity contribution in [3.05, 3.63) is 53.6 Å². The van der Waals surface area contributed by atoms with E-state index >= 15 is 0 Å². The van der Waals surface area contributed by atoms with Crippen molar-refractivity contribution in [1.82, 2.24) is 0 Å². The first-order valence-corrected chi connectivity index (χ1v) is 7.10. The largest absolute Gasteiger partial charge is 0.486 e. The molecule has 21 heavy (non-hydrogen) atoms. The van der Waals surface area contributed by atoms with Gasteiger partial charge in [-0.05, 0) is 36.8 Å². The minimum Gasteiger partial charge on any atom is -0.486 e. The molecule has 4 nitrogen and oxygen atoms in total. The molecule has 1 unspecified atom stereocenters. The third kappa shape index (κ3) is 3.28. The second kappa shape index (κ2) is 6.06. The van der Waals surface area contributed by atoms with Gasteiger partial charge in [0.2, 0.25) is 0 Å². The molecule has 0 fully saturated rings. The fraction of sp³-hybridized carbons (Fsp3) is 0.294. The van der Waals surface area contributed by atoms with E-state index in [0.29, 0.717) is 25.5 Å². The van der Waals surface area contributed by atoms with E-state index in [1.807, 2.05) is 49.4 Å². The van der Waals surface area contributed by atoms with E-state index < -0.39 is 6.10 Å². The van der Waals surface area contributed by atoms with Gasteiger partial charge in [0.05, 0.1) is 6.10 Å². The molecule has 2 N–H and O–H groups in total. The van der Waals surface area contributed by atoms with Crippen molar-refractivity contribution in [2.45, 2.75) is 13.0 Å². The molecule has 1 heterocycles. The number of rotatable bonds is 4. The number of aryl methyl sites for hydroxylation is 1. The second-order valence-corrected chi connectivity index (χ2v) is 5.17. The van der Waals surface area contributed by atoms with Gasteiger partial charge in [-0.3, -0.25) is 0 Å². The van der Waals surface area contributed by atoms with Gasteiger partial charge >= 0.3 is 0 Å². The Balaban J connectivity index is 1.65. The Bertz CT molecular complexity index is 610. The van der Waals surface area contributed by atoms with E-state index in [9.17, 15) is 5.11 Å². The van der Waals surface area contributed by atoms with Crippen LogP contribution in [0, 0.1) is 6.92 Å². The van der Waals surface area contributed by atoms with Gasteiger partial charge in [-0.15, -0.1) is 0 Å². The summed E-state index contributed by atoms with van der Waals surface area (Å²) in [4.78, 5) is 0. The molecule has 4 heteroatoms. The van der Waals surface area contributed by atoms with Gasteiger partial charge in [0.1, 0.15) is 13.2 Å². The molecule has 1 atom stereocenters. The Morgan fingerprint density at radius 3 is 2.52 bits per heavy atom.